The lowest BCUT2D eigenvalue weighted by Crippen LogP contribution is -2.29. The van der Waals surface area contributed by atoms with Crippen LogP contribution >= 0.6 is 0 Å². The second-order valence-corrected chi connectivity index (χ2v) is 7.57. The molecule has 3 aromatic rings. The number of carbonyl (C=O) groups is 2. The molecule has 8 heteroatoms. The monoisotopic (exact) mass is 459 g/mol. The van der Waals surface area contributed by atoms with Gasteiger partial charge in [-0.3, -0.25) is 19.6 Å². The summed E-state index contributed by atoms with van der Waals surface area (Å²) in [7, 11) is 0. The number of benzene rings is 1. The molecule has 1 unspecified atom stereocenters. The Hall–Kier alpha value is -4.20. The van der Waals surface area contributed by atoms with Crippen LogP contribution < -0.4 is 9.47 Å². The molecule has 3 heterocycles. The number of pyridine rings is 2. The molecular weight excluding hydrogens is 434 g/mol. The van der Waals surface area contributed by atoms with Gasteiger partial charge in [0, 0.05) is 31.2 Å². The molecule has 1 aliphatic heterocycles. The van der Waals surface area contributed by atoms with Crippen LogP contribution in [-0.4, -0.2) is 44.9 Å². The number of nitrogens with zero attached hydrogens (tertiary/aromatic N) is 3. The van der Waals surface area contributed by atoms with Gasteiger partial charge >= 0.3 is 0 Å². The number of hydrogen-bond donors (Lipinski definition) is 1. The van der Waals surface area contributed by atoms with Crippen LogP contribution in [0.2, 0.25) is 0 Å². The van der Waals surface area contributed by atoms with Crippen LogP contribution in [0, 0.1) is 0 Å². The minimum absolute atomic E-state index is 0.0438. The maximum absolute atomic E-state index is 13.2. The number of ether oxygens (including phenoxy) is 2. The summed E-state index contributed by atoms with van der Waals surface area (Å²) in [6.45, 7) is 4.63. The Bertz CT molecular complexity index is 1210. The summed E-state index contributed by atoms with van der Waals surface area (Å²) in [5.41, 5.74) is 1.47. The highest BCUT2D eigenvalue weighted by molar-refractivity contribution is 6.46. The van der Waals surface area contributed by atoms with Gasteiger partial charge in [0.25, 0.3) is 11.7 Å². The second kappa shape index (κ2) is 10.2. The average Bonchev–Trinajstić information content (AvgIpc) is 3.10. The van der Waals surface area contributed by atoms with Crippen LogP contribution in [0.4, 0.5) is 0 Å². The molecule has 8 nitrogen and oxygen atoms in total. The van der Waals surface area contributed by atoms with E-state index in [9.17, 15) is 14.7 Å². The Morgan fingerprint density at radius 1 is 1.03 bits per heavy atom. The highest BCUT2D eigenvalue weighted by Crippen LogP contribution is 2.41. The van der Waals surface area contributed by atoms with E-state index in [-0.39, 0.29) is 17.9 Å². The first-order valence-electron chi connectivity index (χ1n) is 11.0. The van der Waals surface area contributed by atoms with Crippen molar-refractivity contribution < 1.29 is 24.2 Å². The van der Waals surface area contributed by atoms with Crippen LogP contribution in [0.15, 0.2) is 72.7 Å². The van der Waals surface area contributed by atoms with Gasteiger partial charge in [0.05, 0.1) is 30.0 Å². The van der Waals surface area contributed by atoms with E-state index in [4.69, 9.17) is 9.47 Å². The molecule has 2 aromatic heterocycles. The van der Waals surface area contributed by atoms with Gasteiger partial charge in [0.2, 0.25) is 0 Å². The number of likely N-dealkylation sites (tertiary alicyclic amines) is 1. The molecular formula is C26H25N3O5. The number of hydrogen-bond acceptors (Lipinski definition) is 7. The van der Waals surface area contributed by atoms with Gasteiger partial charge in [-0.1, -0.05) is 12.1 Å². The fourth-order valence-corrected chi connectivity index (χ4v) is 3.95. The smallest absolute Gasteiger partial charge is 0.296 e. The van der Waals surface area contributed by atoms with Gasteiger partial charge in [-0.2, -0.15) is 0 Å². The van der Waals surface area contributed by atoms with Crippen LogP contribution in [0.3, 0.4) is 0 Å². The molecule has 0 aliphatic carbocycles. The molecule has 1 aromatic carbocycles. The lowest BCUT2D eigenvalue weighted by atomic mass is 9.97. The third-order valence-electron chi connectivity index (χ3n) is 5.40. The van der Waals surface area contributed by atoms with Crippen molar-refractivity contribution >= 4 is 17.4 Å². The van der Waals surface area contributed by atoms with Crippen molar-refractivity contribution in [3.8, 4) is 11.5 Å². The fourth-order valence-electron chi connectivity index (χ4n) is 3.95. The predicted octanol–water partition coefficient (Wildman–Crippen LogP) is 3.90. The quantitative estimate of drug-likeness (QED) is 0.310. The summed E-state index contributed by atoms with van der Waals surface area (Å²) < 4.78 is 11.3. The van der Waals surface area contributed by atoms with E-state index in [0.29, 0.717) is 36.0 Å². The lowest BCUT2D eigenvalue weighted by Gasteiger charge is -2.24. The highest BCUT2D eigenvalue weighted by atomic mass is 16.5. The Morgan fingerprint density at radius 3 is 2.53 bits per heavy atom. The largest absolute Gasteiger partial charge is 0.507 e. The molecule has 0 bridgehead atoms. The van der Waals surface area contributed by atoms with E-state index in [1.54, 1.807) is 61.1 Å². The van der Waals surface area contributed by atoms with Gasteiger partial charge in [0.1, 0.15) is 23.3 Å². The Morgan fingerprint density at radius 2 is 1.85 bits per heavy atom. The standard InChI is InChI=1S/C26H25N3O5/c1-3-33-18-10-11-19(21(14-18)34-4-2)24(30)22-23(20-9-5-6-13-28-20)29(26(32)25(22)31)16-17-8-7-12-27-15-17/h5-15,23,30H,3-4,16H2,1-2H3/b24-22-. The zero-order valence-electron chi connectivity index (χ0n) is 19.0. The van der Waals surface area contributed by atoms with E-state index < -0.39 is 17.7 Å². The SMILES string of the molecule is CCOc1ccc(/C(O)=C2/C(=O)C(=O)N(Cc3cccnc3)C2c2ccccn2)c(OCC)c1. The Labute approximate surface area is 197 Å². The van der Waals surface area contributed by atoms with Gasteiger partial charge in [-0.15, -0.1) is 0 Å². The normalized spacial score (nSPS) is 17.1. The molecule has 4 rings (SSSR count). The number of aliphatic hydroxyl groups is 1. The summed E-state index contributed by atoms with van der Waals surface area (Å²) in [6.07, 6.45) is 4.85. The molecule has 1 N–H and O–H groups in total. The number of ketones is 1. The number of rotatable bonds is 8. The van der Waals surface area contributed by atoms with E-state index >= 15 is 0 Å². The summed E-state index contributed by atoms with van der Waals surface area (Å²) in [4.78, 5) is 36.2. The topological polar surface area (TPSA) is 102 Å². The van der Waals surface area contributed by atoms with E-state index in [1.165, 1.54) is 4.90 Å². The zero-order valence-corrected chi connectivity index (χ0v) is 19.0. The third kappa shape index (κ3) is 4.47. The molecule has 34 heavy (non-hydrogen) atoms. The molecule has 0 spiro atoms. The molecule has 174 valence electrons. The second-order valence-electron chi connectivity index (χ2n) is 7.57. The molecule has 1 fully saturated rings. The van der Waals surface area contributed by atoms with Crippen LogP contribution in [0.5, 0.6) is 11.5 Å². The number of amides is 1. The summed E-state index contributed by atoms with van der Waals surface area (Å²) >= 11 is 0. The van der Waals surface area contributed by atoms with Gasteiger partial charge in [0.15, 0.2) is 0 Å². The molecule has 1 atom stereocenters. The lowest BCUT2D eigenvalue weighted by molar-refractivity contribution is -0.140. The van der Waals surface area contributed by atoms with Crippen molar-refractivity contribution in [2.45, 2.75) is 26.4 Å². The highest BCUT2D eigenvalue weighted by Gasteiger charge is 2.47. The first-order valence-corrected chi connectivity index (χ1v) is 11.0. The Kier molecular flexibility index (Phi) is 6.87. The zero-order chi connectivity index (χ0) is 24.1. The minimum atomic E-state index is -0.873. The van der Waals surface area contributed by atoms with Crippen molar-refractivity contribution in [2.75, 3.05) is 13.2 Å². The van der Waals surface area contributed by atoms with Gasteiger partial charge < -0.3 is 19.5 Å². The molecule has 1 amide bonds. The number of carbonyl (C=O) groups excluding carboxylic acids is 2. The molecule has 0 saturated carbocycles. The van der Waals surface area contributed by atoms with Crippen molar-refractivity contribution in [3.05, 3.63) is 89.5 Å². The number of aliphatic hydroxyl groups excluding tert-OH is 1. The van der Waals surface area contributed by atoms with Crippen molar-refractivity contribution in [1.82, 2.24) is 14.9 Å². The molecule has 1 saturated heterocycles. The summed E-state index contributed by atoms with van der Waals surface area (Å²) in [5.74, 6) is -0.905. The van der Waals surface area contributed by atoms with E-state index in [0.717, 1.165) is 5.56 Å². The van der Waals surface area contributed by atoms with Crippen molar-refractivity contribution in [1.29, 1.82) is 0 Å². The van der Waals surface area contributed by atoms with E-state index in [2.05, 4.69) is 9.97 Å². The first kappa shape index (κ1) is 23.0. The number of aromatic nitrogens is 2. The first-order chi connectivity index (χ1) is 16.5. The fraction of sp³-hybridized carbons (Fsp3) is 0.231. The number of Topliss-reactive ketones (excluding diaryl/α,β-unsaturated/α-hetero) is 1. The van der Waals surface area contributed by atoms with Gasteiger partial charge in [-0.25, -0.2) is 0 Å². The molecule has 0 radical (unpaired) electrons. The van der Waals surface area contributed by atoms with Crippen LogP contribution in [-0.2, 0) is 16.1 Å². The van der Waals surface area contributed by atoms with Gasteiger partial charge in [-0.05, 0) is 49.7 Å². The van der Waals surface area contributed by atoms with Crippen molar-refractivity contribution in [2.24, 2.45) is 0 Å². The van der Waals surface area contributed by atoms with Crippen molar-refractivity contribution in [3.63, 3.8) is 0 Å². The maximum atomic E-state index is 13.2. The third-order valence-corrected chi connectivity index (χ3v) is 5.40. The van der Waals surface area contributed by atoms with E-state index in [1.807, 2.05) is 19.9 Å². The van der Waals surface area contributed by atoms with Crippen LogP contribution in [0.25, 0.3) is 5.76 Å². The van der Waals surface area contributed by atoms with Crippen LogP contribution in [0.1, 0.15) is 36.7 Å². The summed E-state index contributed by atoms with van der Waals surface area (Å²) in [6, 6.07) is 12.9. The average molecular weight is 460 g/mol. The molecule has 1 aliphatic rings. The maximum Gasteiger partial charge on any atom is 0.296 e. The summed E-state index contributed by atoms with van der Waals surface area (Å²) in [5, 5.41) is 11.4. The Balaban J connectivity index is 1.86. The predicted molar refractivity (Wildman–Crippen MR) is 125 cm³/mol. The minimum Gasteiger partial charge on any atom is -0.507 e.